The van der Waals surface area contributed by atoms with Crippen molar-refractivity contribution in [2.45, 2.75) is 25.8 Å². The Morgan fingerprint density at radius 3 is 2.96 bits per heavy atom. The highest BCUT2D eigenvalue weighted by molar-refractivity contribution is 5.99. The molecule has 1 atom stereocenters. The van der Waals surface area contributed by atoms with Crippen LogP contribution in [0.25, 0.3) is 5.65 Å². The third kappa shape index (κ3) is 2.29. The van der Waals surface area contributed by atoms with E-state index >= 15 is 0 Å². The SMILES string of the molecule is CC(=O)c1c[nH]c(C(=O)N2CCC[C@H]2c2nnc3ccccn23)c1. The van der Waals surface area contributed by atoms with Crippen molar-refractivity contribution < 1.29 is 9.59 Å². The van der Waals surface area contributed by atoms with Gasteiger partial charge in [0.25, 0.3) is 5.91 Å². The number of hydrogen-bond acceptors (Lipinski definition) is 4. The van der Waals surface area contributed by atoms with Crippen LogP contribution in [0.4, 0.5) is 0 Å². The number of Topliss-reactive ketones (excluding diaryl/α,β-unsaturated/α-hetero) is 1. The third-order valence-corrected chi connectivity index (χ3v) is 4.47. The molecule has 0 saturated carbocycles. The quantitative estimate of drug-likeness (QED) is 0.749. The van der Waals surface area contributed by atoms with E-state index < -0.39 is 0 Å². The number of H-pyrrole nitrogens is 1. The molecule has 0 aromatic carbocycles. The van der Waals surface area contributed by atoms with Crippen molar-refractivity contribution in [2.24, 2.45) is 0 Å². The number of nitrogens with one attached hydrogen (secondary N) is 1. The van der Waals surface area contributed by atoms with Crippen LogP contribution in [0.1, 0.15) is 52.5 Å². The normalized spacial score (nSPS) is 17.5. The number of pyridine rings is 1. The monoisotopic (exact) mass is 323 g/mol. The molecular weight excluding hydrogens is 306 g/mol. The van der Waals surface area contributed by atoms with Gasteiger partial charge in [0.05, 0.1) is 6.04 Å². The smallest absolute Gasteiger partial charge is 0.270 e. The Morgan fingerprint density at radius 1 is 1.29 bits per heavy atom. The maximum atomic E-state index is 12.9. The standard InChI is InChI=1S/C17H17N5O2/c1-11(23)12-9-13(18-10-12)17(24)21-8-4-5-14(21)16-20-19-15-6-2-3-7-22(15)16/h2-3,6-7,9-10,14,18H,4-5,8H2,1H3/t14-/m0/s1. The molecule has 122 valence electrons. The topological polar surface area (TPSA) is 83.4 Å². The molecule has 7 nitrogen and oxygen atoms in total. The van der Waals surface area contributed by atoms with Crippen LogP contribution in [0, 0.1) is 0 Å². The van der Waals surface area contributed by atoms with Crippen molar-refractivity contribution in [3.05, 3.63) is 53.7 Å². The Hall–Kier alpha value is -2.96. The highest BCUT2D eigenvalue weighted by Crippen LogP contribution is 2.32. The van der Waals surface area contributed by atoms with Crippen molar-refractivity contribution in [1.29, 1.82) is 0 Å². The zero-order valence-corrected chi connectivity index (χ0v) is 13.3. The van der Waals surface area contributed by atoms with Gasteiger partial charge in [-0.05, 0) is 38.0 Å². The molecule has 1 aliphatic rings. The van der Waals surface area contributed by atoms with Gasteiger partial charge in [-0.15, -0.1) is 10.2 Å². The number of aromatic amines is 1. The van der Waals surface area contributed by atoms with Crippen LogP contribution in [0.15, 0.2) is 36.7 Å². The lowest BCUT2D eigenvalue weighted by Crippen LogP contribution is -2.31. The molecule has 4 heterocycles. The number of aromatic nitrogens is 4. The first-order valence-electron chi connectivity index (χ1n) is 7.95. The average Bonchev–Trinajstić information content (AvgIpc) is 3.31. The number of fused-ring (bicyclic) bond motifs is 1. The van der Waals surface area contributed by atoms with Crippen molar-refractivity contribution in [2.75, 3.05) is 6.54 Å². The highest BCUT2D eigenvalue weighted by Gasteiger charge is 2.34. The van der Waals surface area contributed by atoms with Gasteiger partial charge in [-0.3, -0.25) is 14.0 Å². The number of amides is 1. The predicted molar refractivity (Wildman–Crippen MR) is 86.8 cm³/mol. The Kier molecular flexibility index (Phi) is 3.41. The van der Waals surface area contributed by atoms with E-state index in [1.807, 2.05) is 28.8 Å². The fourth-order valence-corrected chi connectivity index (χ4v) is 3.24. The summed E-state index contributed by atoms with van der Waals surface area (Å²) in [6.07, 6.45) is 5.25. The van der Waals surface area contributed by atoms with Gasteiger partial charge in [0.15, 0.2) is 17.3 Å². The molecule has 0 aliphatic carbocycles. The Morgan fingerprint density at radius 2 is 2.17 bits per heavy atom. The number of likely N-dealkylation sites (tertiary alicyclic amines) is 1. The van der Waals surface area contributed by atoms with E-state index in [4.69, 9.17) is 0 Å². The molecule has 4 rings (SSSR count). The van der Waals surface area contributed by atoms with Gasteiger partial charge in [0.1, 0.15) is 5.69 Å². The first-order chi connectivity index (χ1) is 11.6. The summed E-state index contributed by atoms with van der Waals surface area (Å²) < 4.78 is 1.92. The fourth-order valence-electron chi connectivity index (χ4n) is 3.24. The Balaban J connectivity index is 1.67. The number of carbonyl (C=O) groups is 2. The molecule has 0 bridgehead atoms. The maximum Gasteiger partial charge on any atom is 0.270 e. The summed E-state index contributed by atoms with van der Waals surface area (Å²) in [5.41, 5.74) is 1.72. The van der Waals surface area contributed by atoms with Gasteiger partial charge in [0, 0.05) is 24.5 Å². The molecule has 7 heteroatoms. The largest absolute Gasteiger partial charge is 0.356 e. The van der Waals surface area contributed by atoms with E-state index in [2.05, 4.69) is 15.2 Å². The summed E-state index contributed by atoms with van der Waals surface area (Å²) in [5.74, 6) is 0.596. The summed E-state index contributed by atoms with van der Waals surface area (Å²) in [4.78, 5) is 29.0. The van der Waals surface area contributed by atoms with Crippen LogP contribution in [-0.4, -0.2) is 42.7 Å². The van der Waals surface area contributed by atoms with Crippen LogP contribution in [0.3, 0.4) is 0 Å². The van der Waals surface area contributed by atoms with Crippen LogP contribution in [0.2, 0.25) is 0 Å². The van der Waals surface area contributed by atoms with E-state index in [1.54, 1.807) is 17.2 Å². The Labute approximate surface area is 138 Å². The molecule has 0 spiro atoms. The lowest BCUT2D eigenvalue weighted by molar-refractivity contribution is 0.0724. The molecule has 1 amide bonds. The van der Waals surface area contributed by atoms with E-state index in [0.29, 0.717) is 17.8 Å². The van der Waals surface area contributed by atoms with Gasteiger partial charge in [0.2, 0.25) is 0 Å². The molecular formula is C17H17N5O2. The lowest BCUT2D eigenvalue weighted by Gasteiger charge is -2.22. The molecule has 1 fully saturated rings. The molecule has 1 saturated heterocycles. The molecule has 1 aliphatic heterocycles. The van der Waals surface area contributed by atoms with E-state index in [0.717, 1.165) is 24.3 Å². The van der Waals surface area contributed by atoms with E-state index in [-0.39, 0.29) is 17.7 Å². The first kappa shape index (κ1) is 14.6. The second-order valence-electron chi connectivity index (χ2n) is 6.00. The number of hydrogen-bond donors (Lipinski definition) is 1. The summed E-state index contributed by atoms with van der Waals surface area (Å²) in [5, 5.41) is 8.47. The maximum absolute atomic E-state index is 12.9. The summed E-state index contributed by atoms with van der Waals surface area (Å²) in [6.45, 7) is 2.15. The number of nitrogens with zero attached hydrogens (tertiary/aromatic N) is 4. The minimum atomic E-state index is -0.113. The minimum absolute atomic E-state index is 0.0632. The summed E-state index contributed by atoms with van der Waals surface area (Å²) in [6, 6.07) is 7.22. The fraction of sp³-hybridized carbons (Fsp3) is 0.294. The summed E-state index contributed by atoms with van der Waals surface area (Å²) >= 11 is 0. The molecule has 0 unspecified atom stereocenters. The van der Waals surface area contributed by atoms with Crippen molar-refractivity contribution in [3.63, 3.8) is 0 Å². The van der Waals surface area contributed by atoms with Gasteiger partial charge in [-0.2, -0.15) is 0 Å². The molecule has 3 aromatic rings. The Bertz CT molecular complexity index is 926. The van der Waals surface area contributed by atoms with Gasteiger partial charge >= 0.3 is 0 Å². The first-order valence-corrected chi connectivity index (χ1v) is 7.95. The highest BCUT2D eigenvalue weighted by atomic mass is 16.2. The van der Waals surface area contributed by atoms with Gasteiger partial charge in [-0.25, -0.2) is 0 Å². The zero-order valence-electron chi connectivity index (χ0n) is 13.3. The van der Waals surface area contributed by atoms with Crippen LogP contribution >= 0.6 is 0 Å². The number of rotatable bonds is 3. The molecule has 1 N–H and O–H groups in total. The van der Waals surface area contributed by atoms with Crippen molar-refractivity contribution in [1.82, 2.24) is 24.5 Å². The lowest BCUT2D eigenvalue weighted by atomic mass is 10.2. The van der Waals surface area contributed by atoms with Gasteiger partial charge in [-0.1, -0.05) is 6.07 Å². The predicted octanol–water partition coefficient (Wildman–Crippen LogP) is 2.24. The van der Waals surface area contributed by atoms with Crippen LogP contribution < -0.4 is 0 Å². The van der Waals surface area contributed by atoms with Crippen molar-refractivity contribution in [3.8, 4) is 0 Å². The van der Waals surface area contributed by atoms with Crippen molar-refractivity contribution >= 4 is 17.3 Å². The third-order valence-electron chi connectivity index (χ3n) is 4.47. The molecule has 3 aromatic heterocycles. The minimum Gasteiger partial charge on any atom is -0.356 e. The van der Waals surface area contributed by atoms with E-state index in [9.17, 15) is 9.59 Å². The second kappa shape index (κ2) is 5.59. The molecule has 24 heavy (non-hydrogen) atoms. The van der Waals surface area contributed by atoms with Gasteiger partial charge < -0.3 is 9.88 Å². The van der Waals surface area contributed by atoms with Crippen LogP contribution in [0.5, 0.6) is 0 Å². The zero-order chi connectivity index (χ0) is 16.7. The van der Waals surface area contributed by atoms with E-state index in [1.165, 1.54) is 6.92 Å². The second-order valence-corrected chi connectivity index (χ2v) is 6.00. The molecule has 0 radical (unpaired) electrons. The number of ketones is 1. The number of carbonyl (C=O) groups excluding carboxylic acids is 2. The average molecular weight is 323 g/mol. The summed E-state index contributed by atoms with van der Waals surface area (Å²) in [7, 11) is 0. The van der Waals surface area contributed by atoms with Crippen LogP contribution in [-0.2, 0) is 0 Å².